The molecule has 108 valence electrons. The van der Waals surface area contributed by atoms with E-state index in [9.17, 15) is 4.79 Å². The predicted molar refractivity (Wildman–Crippen MR) is 76.4 cm³/mol. The summed E-state index contributed by atoms with van der Waals surface area (Å²) in [6.07, 6.45) is 7.79. The fourth-order valence-electron chi connectivity index (χ4n) is 2.46. The van der Waals surface area contributed by atoms with Gasteiger partial charge >= 0.3 is 0 Å². The highest BCUT2D eigenvalue weighted by Crippen LogP contribution is 2.27. The first kappa shape index (κ1) is 13.3. The number of carbonyl (C=O) groups excluding carboxylic acids is 1. The zero-order valence-electron chi connectivity index (χ0n) is 11.7. The molecule has 20 heavy (non-hydrogen) atoms. The third-order valence-corrected chi connectivity index (χ3v) is 3.91. The van der Waals surface area contributed by atoms with Gasteiger partial charge in [-0.2, -0.15) is 0 Å². The van der Waals surface area contributed by atoms with Crippen LogP contribution in [0, 0.1) is 5.92 Å². The van der Waals surface area contributed by atoms with Crippen LogP contribution in [0.5, 0.6) is 0 Å². The van der Waals surface area contributed by atoms with Crippen molar-refractivity contribution in [2.45, 2.75) is 12.8 Å². The van der Waals surface area contributed by atoms with Crippen LogP contribution in [-0.2, 0) is 4.79 Å². The molecule has 0 spiro atoms. The number of carbonyl (C=O) groups is 1. The molecule has 1 aromatic rings. The number of piperazine rings is 1. The number of amides is 1. The Hall–Kier alpha value is -1.69. The van der Waals surface area contributed by atoms with Crippen LogP contribution in [0.3, 0.4) is 0 Å². The number of nitrogens with zero attached hydrogens (tertiary/aromatic N) is 4. The summed E-state index contributed by atoms with van der Waals surface area (Å²) in [4.78, 5) is 24.6. The molecule has 1 aliphatic heterocycles. The predicted octanol–water partition coefficient (Wildman–Crippen LogP) is 0.125. The Morgan fingerprint density at radius 3 is 2.70 bits per heavy atom. The van der Waals surface area contributed by atoms with E-state index in [2.05, 4.69) is 20.2 Å². The van der Waals surface area contributed by atoms with Crippen LogP contribution in [0.1, 0.15) is 12.8 Å². The van der Waals surface area contributed by atoms with Gasteiger partial charge in [-0.15, -0.1) is 0 Å². The lowest BCUT2D eigenvalue weighted by Crippen LogP contribution is -2.51. The van der Waals surface area contributed by atoms with Crippen LogP contribution < -0.4 is 10.2 Å². The van der Waals surface area contributed by atoms with Gasteiger partial charge < -0.3 is 15.1 Å². The largest absolute Gasteiger partial charge is 0.352 e. The normalized spacial score (nSPS) is 19.2. The molecule has 0 radical (unpaired) electrons. The molecule has 0 unspecified atom stereocenters. The van der Waals surface area contributed by atoms with Gasteiger partial charge in [-0.1, -0.05) is 0 Å². The van der Waals surface area contributed by atoms with Crippen LogP contribution in [0.15, 0.2) is 18.6 Å². The maximum Gasteiger partial charge on any atom is 0.236 e. The Kier molecular flexibility index (Phi) is 4.11. The Morgan fingerprint density at radius 1 is 1.25 bits per heavy atom. The molecule has 0 bridgehead atoms. The average Bonchev–Trinajstić information content (AvgIpc) is 3.32. The van der Waals surface area contributed by atoms with Crippen LogP contribution >= 0.6 is 0 Å². The second kappa shape index (κ2) is 6.17. The highest BCUT2D eigenvalue weighted by Gasteiger charge is 2.23. The van der Waals surface area contributed by atoms with E-state index >= 15 is 0 Å². The van der Waals surface area contributed by atoms with Crippen LogP contribution in [0.4, 0.5) is 5.82 Å². The summed E-state index contributed by atoms with van der Waals surface area (Å²) in [5, 5.41) is 3.26. The SMILES string of the molecule is O=C(CNCC1CC1)N1CCN(c2cnccn2)CC1. The lowest BCUT2D eigenvalue weighted by Gasteiger charge is -2.35. The molecule has 6 nitrogen and oxygen atoms in total. The first-order chi connectivity index (χ1) is 9.83. The van der Waals surface area contributed by atoms with Crippen molar-refractivity contribution >= 4 is 11.7 Å². The molecule has 1 amide bonds. The van der Waals surface area contributed by atoms with E-state index in [4.69, 9.17) is 0 Å². The minimum atomic E-state index is 0.212. The molecule has 2 aliphatic rings. The van der Waals surface area contributed by atoms with Crippen LogP contribution in [0.25, 0.3) is 0 Å². The van der Waals surface area contributed by atoms with Gasteiger partial charge in [-0.3, -0.25) is 9.78 Å². The molecule has 0 aromatic carbocycles. The zero-order chi connectivity index (χ0) is 13.8. The lowest BCUT2D eigenvalue weighted by atomic mass is 10.3. The molecule has 2 heterocycles. The molecule has 1 saturated carbocycles. The van der Waals surface area contributed by atoms with Gasteiger partial charge in [0.25, 0.3) is 0 Å². The van der Waals surface area contributed by atoms with Crippen molar-refractivity contribution in [3.8, 4) is 0 Å². The Labute approximate surface area is 119 Å². The molecule has 6 heteroatoms. The molecule has 1 aromatic heterocycles. The third-order valence-electron chi connectivity index (χ3n) is 3.91. The molecule has 0 atom stereocenters. The van der Waals surface area contributed by atoms with Gasteiger partial charge in [0.15, 0.2) is 0 Å². The zero-order valence-corrected chi connectivity index (χ0v) is 11.7. The minimum absolute atomic E-state index is 0.212. The topological polar surface area (TPSA) is 61.4 Å². The Bertz CT molecular complexity index is 440. The van der Waals surface area contributed by atoms with E-state index in [1.807, 2.05) is 4.90 Å². The van der Waals surface area contributed by atoms with Crippen molar-refractivity contribution in [2.24, 2.45) is 5.92 Å². The van der Waals surface area contributed by atoms with Crippen molar-refractivity contribution in [3.05, 3.63) is 18.6 Å². The minimum Gasteiger partial charge on any atom is -0.352 e. The van der Waals surface area contributed by atoms with Crippen LogP contribution in [-0.4, -0.2) is 60.0 Å². The monoisotopic (exact) mass is 275 g/mol. The highest BCUT2D eigenvalue weighted by molar-refractivity contribution is 5.78. The Balaban J connectivity index is 1.42. The highest BCUT2D eigenvalue weighted by atomic mass is 16.2. The number of aromatic nitrogens is 2. The van der Waals surface area contributed by atoms with E-state index in [-0.39, 0.29) is 5.91 Å². The molecule has 1 aliphatic carbocycles. The molecule has 3 rings (SSSR count). The fourth-order valence-corrected chi connectivity index (χ4v) is 2.46. The summed E-state index contributed by atoms with van der Waals surface area (Å²) in [6.45, 7) is 4.65. The molecule has 2 fully saturated rings. The third kappa shape index (κ3) is 3.45. The first-order valence-electron chi connectivity index (χ1n) is 7.32. The number of hydrogen-bond acceptors (Lipinski definition) is 5. The smallest absolute Gasteiger partial charge is 0.236 e. The van der Waals surface area contributed by atoms with Crippen molar-refractivity contribution in [3.63, 3.8) is 0 Å². The summed E-state index contributed by atoms with van der Waals surface area (Å²) in [7, 11) is 0. The van der Waals surface area contributed by atoms with Crippen molar-refractivity contribution in [2.75, 3.05) is 44.2 Å². The molecule has 1 saturated heterocycles. The summed E-state index contributed by atoms with van der Waals surface area (Å²) >= 11 is 0. The number of hydrogen-bond donors (Lipinski definition) is 1. The fraction of sp³-hybridized carbons (Fsp3) is 0.643. The van der Waals surface area contributed by atoms with Gasteiger partial charge in [-0.05, 0) is 25.3 Å². The summed E-state index contributed by atoms with van der Waals surface area (Å²) in [5.41, 5.74) is 0. The summed E-state index contributed by atoms with van der Waals surface area (Å²) < 4.78 is 0. The lowest BCUT2D eigenvalue weighted by molar-refractivity contribution is -0.130. The second-order valence-corrected chi connectivity index (χ2v) is 5.51. The maximum absolute atomic E-state index is 12.1. The van der Waals surface area contributed by atoms with Crippen molar-refractivity contribution in [1.29, 1.82) is 0 Å². The first-order valence-corrected chi connectivity index (χ1v) is 7.32. The van der Waals surface area contributed by atoms with E-state index in [1.54, 1.807) is 18.6 Å². The van der Waals surface area contributed by atoms with Gasteiger partial charge in [0.2, 0.25) is 5.91 Å². The quantitative estimate of drug-likeness (QED) is 0.827. The van der Waals surface area contributed by atoms with E-state index in [1.165, 1.54) is 12.8 Å². The maximum atomic E-state index is 12.1. The molecular weight excluding hydrogens is 254 g/mol. The standard InChI is InChI=1S/C14H21N5O/c20-14(11-16-9-12-1-2-12)19-7-5-18(6-8-19)13-10-15-3-4-17-13/h3-4,10,12,16H,1-2,5-9,11H2. The Morgan fingerprint density at radius 2 is 2.05 bits per heavy atom. The summed E-state index contributed by atoms with van der Waals surface area (Å²) in [5.74, 6) is 1.92. The molecule has 1 N–H and O–H groups in total. The van der Waals surface area contributed by atoms with Gasteiger partial charge in [0.1, 0.15) is 5.82 Å². The molecular formula is C14H21N5O. The van der Waals surface area contributed by atoms with E-state index in [0.717, 1.165) is 44.5 Å². The van der Waals surface area contributed by atoms with Gasteiger partial charge in [0.05, 0.1) is 12.7 Å². The summed E-state index contributed by atoms with van der Waals surface area (Å²) in [6, 6.07) is 0. The van der Waals surface area contributed by atoms with Crippen LogP contribution in [0.2, 0.25) is 0 Å². The van der Waals surface area contributed by atoms with Gasteiger partial charge in [-0.25, -0.2) is 4.98 Å². The average molecular weight is 275 g/mol. The van der Waals surface area contributed by atoms with Gasteiger partial charge in [0, 0.05) is 38.6 Å². The van der Waals surface area contributed by atoms with E-state index in [0.29, 0.717) is 6.54 Å². The van der Waals surface area contributed by atoms with Crippen molar-refractivity contribution < 1.29 is 4.79 Å². The number of nitrogens with one attached hydrogen (secondary N) is 1. The number of anilines is 1. The van der Waals surface area contributed by atoms with E-state index < -0.39 is 0 Å². The second-order valence-electron chi connectivity index (χ2n) is 5.51. The number of rotatable bonds is 5. The van der Waals surface area contributed by atoms with Crippen molar-refractivity contribution in [1.82, 2.24) is 20.2 Å².